The van der Waals surface area contributed by atoms with Gasteiger partial charge in [0.05, 0.1) is 12.6 Å². The van der Waals surface area contributed by atoms with E-state index in [0.717, 1.165) is 47.9 Å². The van der Waals surface area contributed by atoms with Crippen molar-refractivity contribution >= 4 is 11.8 Å². The number of carbonyl (C=O) groups excluding carboxylic acids is 2. The molecular weight excluding hydrogens is 504 g/mol. The first-order valence-electron chi connectivity index (χ1n) is 14.1. The lowest BCUT2D eigenvalue weighted by Crippen LogP contribution is -2.63. The Kier molecular flexibility index (Phi) is 6.32. The summed E-state index contributed by atoms with van der Waals surface area (Å²) in [6, 6.07) is 6.88. The van der Waals surface area contributed by atoms with Crippen molar-refractivity contribution in [2.75, 3.05) is 20.2 Å². The van der Waals surface area contributed by atoms with E-state index in [0.29, 0.717) is 32.2 Å². The zero-order chi connectivity index (χ0) is 27.6. The first-order valence-corrected chi connectivity index (χ1v) is 14.1. The molecule has 1 aromatic heterocycles. The lowest BCUT2D eigenvalue weighted by atomic mass is 9.72. The van der Waals surface area contributed by atoms with E-state index >= 15 is 0 Å². The molecule has 10 heteroatoms. The van der Waals surface area contributed by atoms with Gasteiger partial charge in [-0.15, -0.1) is 5.10 Å². The maximum absolute atomic E-state index is 14.8. The number of methoxy groups -OCH3 is 1. The molecule has 1 saturated heterocycles. The van der Waals surface area contributed by atoms with Crippen LogP contribution in [0.15, 0.2) is 24.3 Å². The van der Waals surface area contributed by atoms with Crippen LogP contribution in [0.5, 0.6) is 0 Å². The molecule has 3 heterocycles. The van der Waals surface area contributed by atoms with Crippen LogP contribution in [0.2, 0.25) is 0 Å². The number of hydrogen-bond acceptors (Lipinski definition) is 5. The standard InChI is InChI=1S/C29H37F2N5O3/c1-27(11-7-4-8-12-27)26(38)36-21(23-24(25(30)31)34(2)33-32-23)15-19-9-5-6-10-20(19)29(36,39-3)18-35-17-28(13-14-28)16-22(35)37/h5-6,9-10,21,25H,4,7-8,11-18H2,1-3H3. The van der Waals surface area contributed by atoms with E-state index in [2.05, 4.69) is 10.3 Å². The highest BCUT2D eigenvalue weighted by atomic mass is 19.3. The summed E-state index contributed by atoms with van der Waals surface area (Å²) >= 11 is 0. The van der Waals surface area contributed by atoms with Crippen LogP contribution in [-0.4, -0.2) is 56.8 Å². The summed E-state index contributed by atoms with van der Waals surface area (Å²) in [5.41, 5.74) is -0.536. The number of fused-ring (bicyclic) bond motifs is 1. The van der Waals surface area contributed by atoms with Crippen molar-refractivity contribution in [1.29, 1.82) is 0 Å². The van der Waals surface area contributed by atoms with Gasteiger partial charge in [0.15, 0.2) is 5.72 Å². The van der Waals surface area contributed by atoms with Gasteiger partial charge in [-0.25, -0.2) is 13.5 Å². The highest BCUT2D eigenvalue weighted by Crippen LogP contribution is 2.55. The summed E-state index contributed by atoms with van der Waals surface area (Å²) in [4.78, 5) is 31.6. The Bertz CT molecular complexity index is 1290. The zero-order valence-corrected chi connectivity index (χ0v) is 23.0. The van der Waals surface area contributed by atoms with E-state index < -0.39 is 23.6 Å². The number of benzene rings is 1. The summed E-state index contributed by atoms with van der Waals surface area (Å²) in [6.07, 6.45) is 4.38. The Balaban J connectivity index is 1.54. The van der Waals surface area contributed by atoms with E-state index in [1.54, 1.807) is 12.0 Å². The van der Waals surface area contributed by atoms with Crippen LogP contribution in [0.25, 0.3) is 0 Å². The largest absolute Gasteiger partial charge is 0.353 e. The number of ether oxygens (including phenoxy) is 1. The Morgan fingerprint density at radius 3 is 2.51 bits per heavy atom. The van der Waals surface area contributed by atoms with Crippen molar-refractivity contribution in [3.8, 4) is 0 Å². The molecule has 8 nitrogen and oxygen atoms in total. The third kappa shape index (κ3) is 4.17. The van der Waals surface area contributed by atoms with Crippen LogP contribution >= 0.6 is 0 Å². The number of carbonyl (C=O) groups is 2. The summed E-state index contributed by atoms with van der Waals surface area (Å²) in [5, 5.41) is 8.17. The van der Waals surface area contributed by atoms with E-state index in [4.69, 9.17) is 4.74 Å². The Hall–Kier alpha value is -2.88. The monoisotopic (exact) mass is 541 g/mol. The number of hydrogen-bond donors (Lipinski definition) is 0. The van der Waals surface area contributed by atoms with Gasteiger partial charge in [-0.05, 0) is 43.1 Å². The van der Waals surface area contributed by atoms with Crippen molar-refractivity contribution in [1.82, 2.24) is 24.8 Å². The Morgan fingerprint density at radius 2 is 1.87 bits per heavy atom. The number of likely N-dealkylation sites (tertiary alicyclic amines) is 1. The summed E-state index contributed by atoms with van der Waals surface area (Å²) in [5.74, 6) is -0.0882. The number of aromatic nitrogens is 3. The smallest absolute Gasteiger partial charge is 0.282 e. The van der Waals surface area contributed by atoms with Gasteiger partial charge in [0, 0.05) is 38.1 Å². The van der Waals surface area contributed by atoms with Gasteiger partial charge < -0.3 is 9.64 Å². The molecule has 2 unspecified atom stereocenters. The fraction of sp³-hybridized carbons (Fsp3) is 0.655. The SMILES string of the molecule is COC1(CN2CC3(CC3)CC2=O)c2ccccc2CC(c2nnn(C)c2C(F)F)N1C(=O)C1(C)CCCCC1. The van der Waals surface area contributed by atoms with Gasteiger partial charge in [0.2, 0.25) is 11.8 Å². The maximum Gasteiger partial charge on any atom is 0.282 e. The topological polar surface area (TPSA) is 80.6 Å². The number of rotatable bonds is 6. The molecule has 0 radical (unpaired) electrons. The number of amides is 2. The quantitative estimate of drug-likeness (QED) is 0.532. The average molecular weight is 542 g/mol. The summed E-state index contributed by atoms with van der Waals surface area (Å²) in [6.45, 7) is 2.75. The molecule has 2 amide bonds. The van der Waals surface area contributed by atoms with Crippen molar-refractivity contribution < 1.29 is 23.1 Å². The molecule has 0 N–H and O–H groups in total. The average Bonchev–Trinajstić information content (AvgIpc) is 3.44. The third-order valence-corrected chi connectivity index (χ3v) is 9.77. The zero-order valence-electron chi connectivity index (χ0n) is 23.0. The molecule has 210 valence electrons. The third-order valence-electron chi connectivity index (χ3n) is 9.77. The van der Waals surface area contributed by atoms with Crippen LogP contribution < -0.4 is 0 Å². The van der Waals surface area contributed by atoms with Crippen LogP contribution in [0.1, 0.15) is 93.3 Å². The predicted molar refractivity (Wildman–Crippen MR) is 138 cm³/mol. The predicted octanol–water partition coefficient (Wildman–Crippen LogP) is 4.66. The second-order valence-electron chi connectivity index (χ2n) is 12.4. The minimum Gasteiger partial charge on any atom is -0.353 e. The number of alkyl halides is 2. The number of nitrogens with zero attached hydrogens (tertiary/aromatic N) is 5. The molecule has 4 aliphatic rings. The lowest BCUT2D eigenvalue weighted by molar-refractivity contribution is -0.204. The summed E-state index contributed by atoms with van der Waals surface area (Å²) in [7, 11) is 3.01. The van der Waals surface area contributed by atoms with Crippen LogP contribution in [0, 0.1) is 10.8 Å². The fourth-order valence-electron chi connectivity index (χ4n) is 7.32. The van der Waals surface area contributed by atoms with Gasteiger partial charge in [0.1, 0.15) is 11.4 Å². The molecule has 1 spiro atoms. The Labute approximate surface area is 227 Å². The lowest BCUT2D eigenvalue weighted by Gasteiger charge is -2.54. The summed E-state index contributed by atoms with van der Waals surface area (Å²) < 4.78 is 36.3. The fourth-order valence-corrected chi connectivity index (χ4v) is 7.32. The van der Waals surface area contributed by atoms with E-state index in [1.807, 2.05) is 36.1 Å². The van der Waals surface area contributed by atoms with E-state index in [1.165, 1.54) is 7.05 Å². The van der Waals surface area contributed by atoms with Gasteiger partial charge >= 0.3 is 0 Å². The van der Waals surface area contributed by atoms with Crippen molar-refractivity contribution in [2.24, 2.45) is 17.9 Å². The van der Waals surface area contributed by atoms with Crippen LogP contribution in [-0.2, 0) is 33.5 Å². The number of aryl methyl sites for hydroxylation is 1. The molecule has 2 atom stereocenters. The normalized spacial score (nSPS) is 27.3. The molecule has 0 bridgehead atoms. The van der Waals surface area contributed by atoms with E-state index in [9.17, 15) is 18.4 Å². The molecule has 2 aliphatic carbocycles. The van der Waals surface area contributed by atoms with Crippen molar-refractivity contribution in [3.05, 3.63) is 46.8 Å². The Morgan fingerprint density at radius 1 is 1.15 bits per heavy atom. The highest BCUT2D eigenvalue weighted by Gasteiger charge is 2.59. The minimum absolute atomic E-state index is 0.0253. The molecule has 1 aromatic carbocycles. The highest BCUT2D eigenvalue weighted by molar-refractivity contribution is 5.85. The molecule has 39 heavy (non-hydrogen) atoms. The van der Waals surface area contributed by atoms with E-state index in [-0.39, 0.29) is 35.2 Å². The first kappa shape index (κ1) is 26.3. The number of halogens is 2. The molecule has 2 aliphatic heterocycles. The maximum atomic E-state index is 14.8. The molecule has 2 aromatic rings. The van der Waals surface area contributed by atoms with Crippen LogP contribution in [0.3, 0.4) is 0 Å². The minimum atomic E-state index is -2.81. The van der Waals surface area contributed by atoms with Crippen molar-refractivity contribution in [3.63, 3.8) is 0 Å². The molecule has 2 saturated carbocycles. The second-order valence-corrected chi connectivity index (χ2v) is 12.4. The molecule has 3 fully saturated rings. The first-order chi connectivity index (χ1) is 18.6. The molecule has 6 rings (SSSR count). The van der Waals surface area contributed by atoms with Gasteiger partial charge in [-0.1, -0.05) is 55.7 Å². The van der Waals surface area contributed by atoms with Gasteiger partial charge in [-0.3, -0.25) is 14.5 Å². The van der Waals surface area contributed by atoms with Crippen LogP contribution in [0.4, 0.5) is 8.78 Å². The van der Waals surface area contributed by atoms with Gasteiger partial charge in [-0.2, -0.15) is 0 Å². The van der Waals surface area contributed by atoms with Gasteiger partial charge in [0.25, 0.3) is 6.43 Å². The van der Waals surface area contributed by atoms with Crippen molar-refractivity contribution in [2.45, 2.75) is 82.9 Å². The molecular formula is C29H37F2N5O3. The second kappa shape index (κ2) is 9.35.